The molecule has 2 aromatic rings. The topological polar surface area (TPSA) is 37.2 Å². The van der Waals surface area contributed by atoms with Crippen LogP contribution in [0.4, 0.5) is 0 Å². The van der Waals surface area contributed by atoms with E-state index in [9.17, 15) is 5.11 Å². The van der Waals surface area contributed by atoms with E-state index in [1.54, 1.807) is 0 Å². The first-order valence-corrected chi connectivity index (χ1v) is 7.68. The zero-order valence-corrected chi connectivity index (χ0v) is 14.1. The molecule has 2 N–H and O–H groups in total. The predicted octanol–water partition coefficient (Wildman–Crippen LogP) is 3.32. The van der Waals surface area contributed by atoms with Crippen molar-refractivity contribution >= 4 is 10.9 Å². The van der Waals surface area contributed by atoms with E-state index in [0.29, 0.717) is 13.1 Å². The zero-order chi connectivity index (χ0) is 15.8. The largest absolute Gasteiger partial charge is 0.390 e. The fourth-order valence-corrected chi connectivity index (χ4v) is 2.70. The van der Waals surface area contributed by atoms with E-state index in [4.69, 9.17) is 0 Å². The number of β-amino-alcohol motifs (C(OH)–C–C–N with tert-alkyl or cyclic N) is 1. The monoisotopic (exact) mass is 288 g/mol. The number of aliphatic hydroxyl groups excluding tert-OH is 1. The Labute approximate surface area is 128 Å². The van der Waals surface area contributed by atoms with Gasteiger partial charge in [-0.2, -0.15) is 0 Å². The Balaban J connectivity index is 2.24. The van der Waals surface area contributed by atoms with Crippen LogP contribution in [0.1, 0.15) is 37.6 Å². The molecule has 0 fully saturated rings. The molecule has 0 saturated heterocycles. The van der Waals surface area contributed by atoms with Gasteiger partial charge in [0.1, 0.15) is 0 Å². The average Bonchev–Trinajstić information content (AvgIpc) is 2.61. The fourth-order valence-electron chi connectivity index (χ4n) is 2.70. The zero-order valence-electron chi connectivity index (χ0n) is 14.1. The molecule has 0 bridgehead atoms. The normalized spacial score (nSPS) is 13.9. The number of hydrogen-bond acceptors (Lipinski definition) is 2. The van der Waals surface area contributed by atoms with E-state index in [0.717, 1.165) is 0 Å². The summed E-state index contributed by atoms with van der Waals surface area (Å²) in [5, 5.41) is 15.0. The van der Waals surface area contributed by atoms with Crippen molar-refractivity contribution in [3.63, 3.8) is 0 Å². The molecule has 2 rings (SSSR count). The van der Waals surface area contributed by atoms with Gasteiger partial charge in [-0.15, -0.1) is 0 Å². The molecule has 1 atom stereocenters. The van der Waals surface area contributed by atoms with Crippen molar-refractivity contribution in [3.8, 4) is 0 Å². The van der Waals surface area contributed by atoms with Crippen LogP contribution in [0.25, 0.3) is 10.9 Å². The van der Waals surface area contributed by atoms with Gasteiger partial charge in [-0.1, -0.05) is 11.6 Å². The molecule has 1 aromatic heterocycles. The molecular weight excluding hydrogens is 260 g/mol. The minimum absolute atomic E-state index is 0.0296. The van der Waals surface area contributed by atoms with E-state index in [-0.39, 0.29) is 11.6 Å². The Kier molecular flexibility index (Phi) is 4.45. The van der Waals surface area contributed by atoms with Crippen LogP contribution in [0.3, 0.4) is 0 Å². The lowest BCUT2D eigenvalue weighted by Crippen LogP contribution is -2.42. The molecule has 0 spiro atoms. The Morgan fingerprint density at radius 3 is 2.48 bits per heavy atom. The van der Waals surface area contributed by atoms with Gasteiger partial charge in [-0.25, -0.2) is 0 Å². The first-order valence-electron chi connectivity index (χ1n) is 7.68. The average molecular weight is 288 g/mol. The smallest absolute Gasteiger partial charge is 0.0843 e. The molecule has 1 heterocycles. The van der Waals surface area contributed by atoms with E-state index in [1.807, 2.05) is 0 Å². The molecule has 0 amide bonds. The molecule has 3 nitrogen and oxygen atoms in total. The van der Waals surface area contributed by atoms with Crippen LogP contribution >= 0.6 is 0 Å². The van der Waals surface area contributed by atoms with Gasteiger partial charge in [-0.05, 0) is 59.2 Å². The van der Waals surface area contributed by atoms with Crippen LogP contribution in [0.15, 0.2) is 18.2 Å². The summed E-state index contributed by atoms with van der Waals surface area (Å²) in [5.74, 6) is 0. The Bertz CT molecular complexity index is 635. The van der Waals surface area contributed by atoms with Crippen LogP contribution in [0.5, 0.6) is 0 Å². The molecule has 0 radical (unpaired) electrons. The van der Waals surface area contributed by atoms with Crippen molar-refractivity contribution < 1.29 is 5.11 Å². The van der Waals surface area contributed by atoms with Gasteiger partial charge in [-0.3, -0.25) is 0 Å². The highest BCUT2D eigenvalue weighted by molar-refractivity contribution is 5.85. The standard InChI is InChI=1S/C18H28N2O/c1-12-7-8-17-16(9-12)13(2)14(3)20(17)11-15(21)10-19-18(4,5)6/h7-9,15,19,21H,10-11H2,1-6H3/t15-/m1/s1. The molecule has 0 aliphatic rings. The molecule has 116 valence electrons. The van der Waals surface area contributed by atoms with Crippen molar-refractivity contribution in [3.05, 3.63) is 35.0 Å². The fraction of sp³-hybridized carbons (Fsp3) is 0.556. The molecular formula is C18H28N2O. The lowest BCUT2D eigenvalue weighted by Gasteiger charge is -2.23. The number of aliphatic hydroxyl groups is 1. The van der Waals surface area contributed by atoms with Crippen LogP contribution in [0, 0.1) is 20.8 Å². The summed E-state index contributed by atoms with van der Waals surface area (Å²) in [7, 11) is 0. The predicted molar refractivity (Wildman–Crippen MR) is 89.9 cm³/mol. The Morgan fingerprint density at radius 1 is 1.19 bits per heavy atom. The van der Waals surface area contributed by atoms with Crippen LogP contribution in [-0.2, 0) is 6.54 Å². The molecule has 21 heavy (non-hydrogen) atoms. The van der Waals surface area contributed by atoms with E-state index in [1.165, 1.54) is 27.7 Å². The maximum atomic E-state index is 10.3. The minimum Gasteiger partial charge on any atom is -0.390 e. The number of rotatable bonds is 4. The molecule has 0 saturated carbocycles. The Hall–Kier alpha value is -1.32. The lowest BCUT2D eigenvalue weighted by atomic mass is 10.1. The summed E-state index contributed by atoms with van der Waals surface area (Å²) >= 11 is 0. The summed E-state index contributed by atoms with van der Waals surface area (Å²) in [6.45, 7) is 14.0. The van der Waals surface area contributed by atoms with Gasteiger partial charge in [0.05, 0.1) is 12.6 Å². The minimum atomic E-state index is -0.390. The summed E-state index contributed by atoms with van der Waals surface area (Å²) in [4.78, 5) is 0. The number of benzene rings is 1. The van der Waals surface area contributed by atoms with E-state index < -0.39 is 0 Å². The molecule has 0 aliphatic heterocycles. The summed E-state index contributed by atoms with van der Waals surface area (Å²) in [5.41, 5.74) is 5.07. The van der Waals surface area contributed by atoms with Crippen molar-refractivity contribution in [2.24, 2.45) is 0 Å². The van der Waals surface area contributed by atoms with Gasteiger partial charge < -0.3 is 15.0 Å². The number of aromatic nitrogens is 1. The third-order valence-electron chi connectivity index (χ3n) is 4.06. The summed E-state index contributed by atoms with van der Waals surface area (Å²) < 4.78 is 2.24. The van der Waals surface area contributed by atoms with E-state index >= 15 is 0 Å². The number of hydrogen-bond donors (Lipinski definition) is 2. The number of aryl methyl sites for hydroxylation is 2. The van der Waals surface area contributed by atoms with Crippen molar-refractivity contribution in [1.29, 1.82) is 0 Å². The van der Waals surface area contributed by atoms with Gasteiger partial charge in [0.2, 0.25) is 0 Å². The van der Waals surface area contributed by atoms with Crippen molar-refractivity contribution in [2.75, 3.05) is 6.54 Å². The highest BCUT2D eigenvalue weighted by Gasteiger charge is 2.16. The highest BCUT2D eigenvalue weighted by Crippen LogP contribution is 2.26. The number of nitrogens with one attached hydrogen (secondary N) is 1. The number of nitrogens with zero attached hydrogens (tertiary/aromatic N) is 1. The second-order valence-corrected chi connectivity index (χ2v) is 7.13. The van der Waals surface area contributed by atoms with E-state index in [2.05, 4.69) is 69.6 Å². The maximum Gasteiger partial charge on any atom is 0.0843 e. The molecule has 0 aliphatic carbocycles. The van der Waals surface area contributed by atoms with Crippen LogP contribution in [-0.4, -0.2) is 27.9 Å². The second-order valence-electron chi connectivity index (χ2n) is 7.13. The molecule has 3 heteroatoms. The highest BCUT2D eigenvalue weighted by atomic mass is 16.3. The second kappa shape index (κ2) is 5.82. The van der Waals surface area contributed by atoms with Gasteiger partial charge in [0, 0.05) is 28.7 Å². The summed E-state index contributed by atoms with van der Waals surface area (Å²) in [6.07, 6.45) is -0.390. The van der Waals surface area contributed by atoms with Gasteiger partial charge in [0.25, 0.3) is 0 Å². The molecule has 1 aromatic carbocycles. The molecule has 0 unspecified atom stereocenters. The van der Waals surface area contributed by atoms with Crippen LogP contribution < -0.4 is 5.32 Å². The lowest BCUT2D eigenvalue weighted by molar-refractivity contribution is 0.142. The van der Waals surface area contributed by atoms with Crippen molar-refractivity contribution in [2.45, 2.75) is 59.7 Å². The first-order chi connectivity index (χ1) is 9.69. The quantitative estimate of drug-likeness (QED) is 0.905. The van der Waals surface area contributed by atoms with Gasteiger partial charge >= 0.3 is 0 Å². The Morgan fingerprint density at radius 2 is 1.86 bits per heavy atom. The third kappa shape index (κ3) is 3.66. The summed E-state index contributed by atoms with van der Waals surface area (Å²) in [6, 6.07) is 6.53. The maximum absolute atomic E-state index is 10.3. The van der Waals surface area contributed by atoms with Gasteiger partial charge in [0.15, 0.2) is 0 Å². The van der Waals surface area contributed by atoms with Crippen molar-refractivity contribution in [1.82, 2.24) is 9.88 Å². The SMILES string of the molecule is Cc1ccc2c(c1)c(C)c(C)n2C[C@H](O)CNC(C)(C)C. The van der Waals surface area contributed by atoms with Crippen LogP contribution in [0.2, 0.25) is 0 Å². The first kappa shape index (κ1) is 16.1. The number of fused-ring (bicyclic) bond motifs is 1. The third-order valence-corrected chi connectivity index (χ3v) is 4.06.